The molecule has 0 radical (unpaired) electrons. The summed E-state index contributed by atoms with van der Waals surface area (Å²) in [6, 6.07) is 40.9. The molecule has 0 amide bonds. The van der Waals surface area contributed by atoms with E-state index in [0.29, 0.717) is 0 Å². The van der Waals surface area contributed by atoms with Crippen molar-refractivity contribution >= 4 is 17.3 Å². The second-order valence-corrected chi connectivity index (χ2v) is 11.4. The van der Waals surface area contributed by atoms with Gasteiger partial charge in [0.05, 0.1) is 22.8 Å². The first-order valence-corrected chi connectivity index (χ1v) is 15.5. The Morgan fingerprint density at radius 3 is 1.42 bits per heavy atom. The molecule has 0 saturated carbocycles. The largest absolute Gasteiger partial charge is 0.278 e. The van der Waals surface area contributed by atoms with Crippen LogP contribution < -0.4 is 4.90 Å². The van der Waals surface area contributed by atoms with E-state index >= 15 is 0 Å². The molecule has 0 N–H and O–H groups in total. The van der Waals surface area contributed by atoms with E-state index in [4.69, 9.17) is 10.2 Å². The molecule has 5 nitrogen and oxygen atoms in total. The van der Waals surface area contributed by atoms with Crippen molar-refractivity contribution in [3.63, 3.8) is 0 Å². The number of rotatable bonds is 8. The number of nitrogens with zero attached hydrogens (tertiary/aromatic N) is 5. The van der Waals surface area contributed by atoms with Gasteiger partial charge in [-0.05, 0) is 61.7 Å². The smallest absolute Gasteiger partial charge is 0.147 e. The summed E-state index contributed by atoms with van der Waals surface area (Å²) in [5.41, 5.74) is 10.5. The minimum absolute atomic E-state index is 0.00548. The van der Waals surface area contributed by atoms with Gasteiger partial charge in [-0.1, -0.05) is 111 Å². The summed E-state index contributed by atoms with van der Waals surface area (Å²) in [5.74, 6) is 2.17. The van der Waals surface area contributed by atoms with Gasteiger partial charge in [-0.3, -0.25) is 4.90 Å². The number of para-hydroxylation sites is 2. The van der Waals surface area contributed by atoms with Crippen LogP contribution in [0.15, 0.2) is 115 Å². The van der Waals surface area contributed by atoms with Crippen molar-refractivity contribution in [3.8, 4) is 11.4 Å². The predicted octanol–water partition coefficient (Wildman–Crippen LogP) is 9.23. The monoisotopic (exact) mass is 563 g/mol. The highest BCUT2D eigenvalue weighted by atomic mass is 15.5. The zero-order valence-corrected chi connectivity index (χ0v) is 25.1. The van der Waals surface area contributed by atoms with E-state index in [1.807, 2.05) is 0 Å². The molecule has 0 aliphatic carbocycles. The Bertz CT molecular complexity index is 1740. The van der Waals surface area contributed by atoms with Crippen LogP contribution in [0, 0.1) is 6.92 Å². The van der Waals surface area contributed by atoms with E-state index in [2.05, 4.69) is 150 Å². The van der Waals surface area contributed by atoms with Crippen LogP contribution in [0.25, 0.3) is 11.4 Å². The van der Waals surface area contributed by atoms with Crippen molar-refractivity contribution < 1.29 is 0 Å². The Morgan fingerprint density at radius 1 is 0.535 bits per heavy atom. The summed E-state index contributed by atoms with van der Waals surface area (Å²) in [4.78, 5) is 2.42. The summed E-state index contributed by atoms with van der Waals surface area (Å²) in [6.07, 6.45) is 3.83. The van der Waals surface area contributed by atoms with Crippen molar-refractivity contribution in [2.75, 3.05) is 4.90 Å². The average molecular weight is 564 g/mol. The maximum absolute atomic E-state index is 5.41. The molecule has 0 bridgehead atoms. The van der Waals surface area contributed by atoms with Gasteiger partial charge in [0.1, 0.15) is 11.6 Å². The molecule has 0 saturated heterocycles. The normalized spacial score (nSPS) is 12.8. The molecule has 2 aromatic heterocycles. The molecule has 1 aliphatic rings. The first-order valence-electron chi connectivity index (χ1n) is 15.5. The fourth-order valence-corrected chi connectivity index (χ4v) is 6.46. The third-order valence-corrected chi connectivity index (χ3v) is 8.35. The number of fused-ring (bicyclic) bond motifs is 2. The molecule has 0 atom stereocenters. The van der Waals surface area contributed by atoms with Crippen LogP contribution in [0.5, 0.6) is 0 Å². The van der Waals surface area contributed by atoms with Crippen molar-refractivity contribution in [2.24, 2.45) is 0 Å². The number of hydrogen-bond donors (Lipinski definition) is 0. The Balaban J connectivity index is 1.65. The highest BCUT2D eigenvalue weighted by molar-refractivity contribution is 5.85. The van der Waals surface area contributed by atoms with Gasteiger partial charge in [-0.25, -0.2) is 9.36 Å². The SMILES string of the molecule is CCCc1nn(-c2ccccc2)c2c1C(c1ccccc1)c1c(CCC)nn(-c3ccccc3)c1N2c1ccc(C)cc1. The molecule has 214 valence electrons. The first kappa shape index (κ1) is 27.0. The van der Waals surface area contributed by atoms with E-state index in [9.17, 15) is 0 Å². The van der Waals surface area contributed by atoms with Gasteiger partial charge in [0.25, 0.3) is 0 Å². The number of aryl methyl sites for hydroxylation is 3. The van der Waals surface area contributed by atoms with Crippen LogP contribution in [0.1, 0.15) is 66.2 Å². The van der Waals surface area contributed by atoms with E-state index in [-0.39, 0.29) is 5.92 Å². The lowest BCUT2D eigenvalue weighted by Crippen LogP contribution is -2.26. The lowest BCUT2D eigenvalue weighted by atomic mass is 9.80. The van der Waals surface area contributed by atoms with Crippen molar-refractivity contribution in [3.05, 3.63) is 149 Å². The first-order chi connectivity index (χ1) is 21.2. The van der Waals surface area contributed by atoms with Crippen LogP contribution in [0.4, 0.5) is 17.3 Å². The summed E-state index contributed by atoms with van der Waals surface area (Å²) in [5, 5.41) is 10.8. The second-order valence-electron chi connectivity index (χ2n) is 11.4. The molecule has 3 heterocycles. The number of benzene rings is 4. The van der Waals surface area contributed by atoms with Gasteiger partial charge < -0.3 is 0 Å². The molecule has 7 rings (SSSR count). The molecule has 0 fully saturated rings. The molecular weight excluding hydrogens is 526 g/mol. The van der Waals surface area contributed by atoms with E-state index in [0.717, 1.165) is 65.8 Å². The topological polar surface area (TPSA) is 38.9 Å². The van der Waals surface area contributed by atoms with Crippen LogP contribution in [-0.4, -0.2) is 19.6 Å². The molecule has 0 spiro atoms. The van der Waals surface area contributed by atoms with Crippen LogP contribution in [0.3, 0.4) is 0 Å². The zero-order chi connectivity index (χ0) is 29.3. The van der Waals surface area contributed by atoms with Crippen molar-refractivity contribution in [2.45, 2.75) is 52.4 Å². The molecule has 5 heteroatoms. The number of hydrogen-bond acceptors (Lipinski definition) is 3. The van der Waals surface area contributed by atoms with Crippen molar-refractivity contribution in [1.29, 1.82) is 0 Å². The van der Waals surface area contributed by atoms with E-state index < -0.39 is 0 Å². The minimum Gasteiger partial charge on any atom is -0.278 e. The summed E-state index contributed by atoms with van der Waals surface area (Å²) in [6.45, 7) is 6.63. The number of anilines is 3. The van der Waals surface area contributed by atoms with Crippen LogP contribution >= 0.6 is 0 Å². The molecule has 43 heavy (non-hydrogen) atoms. The maximum Gasteiger partial charge on any atom is 0.147 e. The molecule has 4 aromatic carbocycles. The maximum atomic E-state index is 5.41. The zero-order valence-electron chi connectivity index (χ0n) is 25.1. The van der Waals surface area contributed by atoms with Gasteiger partial charge in [0.2, 0.25) is 0 Å². The fourth-order valence-electron chi connectivity index (χ4n) is 6.46. The second kappa shape index (κ2) is 11.4. The Labute approximate surface area is 254 Å². The fraction of sp³-hybridized carbons (Fsp3) is 0.211. The average Bonchev–Trinajstić information content (AvgIpc) is 3.61. The third kappa shape index (κ3) is 4.65. The minimum atomic E-state index is 0.00548. The predicted molar refractivity (Wildman–Crippen MR) is 175 cm³/mol. The summed E-state index contributed by atoms with van der Waals surface area (Å²) < 4.78 is 4.34. The molecule has 0 unspecified atom stereocenters. The Hall–Kier alpha value is -4.90. The summed E-state index contributed by atoms with van der Waals surface area (Å²) >= 11 is 0. The Morgan fingerprint density at radius 2 is 0.977 bits per heavy atom. The summed E-state index contributed by atoms with van der Waals surface area (Å²) in [7, 11) is 0. The van der Waals surface area contributed by atoms with Crippen LogP contribution in [-0.2, 0) is 12.8 Å². The molecular formula is C38H37N5. The van der Waals surface area contributed by atoms with E-state index in [1.54, 1.807) is 0 Å². The molecule has 1 aliphatic heterocycles. The quantitative estimate of drug-likeness (QED) is 0.185. The van der Waals surface area contributed by atoms with Gasteiger partial charge in [-0.15, -0.1) is 0 Å². The van der Waals surface area contributed by atoms with Crippen molar-refractivity contribution in [1.82, 2.24) is 19.6 Å². The van der Waals surface area contributed by atoms with Gasteiger partial charge in [-0.2, -0.15) is 10.2 Å². The van der Waals surface area contributed by atoms with E-state index in [1.165, 1.54) is 22.3 Å². The highest BCUT2D eigenvalue weighted by Gasteiger charge is 2.43. The lowest BCUT2D eigenvalue weighted by molar-refractivity contribution is 0.788. The third-order valence-electron chi connectivity index (χ3n) is 8.35. The standard InChI is InChI=1S/C38H37N5/c1-4-15-32-35-34(28-17-9-6-10-18-28)36-33(16-5-2)40-43(31-21-13-8-14-22-31)38(36)41(29-25-23-27(3)24-26-29)37(35)42(39-32)30-19-11-7-12-20-30/h6-14,17-26,34H,4-5,15-16H2,1-3H3. The number of aromatic nitrogens is 4. The molecule has 6 aromatic rings. The lowest BCUT2D eigenvalue weighted by Gasteiger charge is -2.36. The van der Waals surface area contributed by atoms with Crippen LogP contribution in [0.2, 0.25) is 0 Å². The van der Waals surface area contributed by atoms with Gasteiger partial charge in [0.15, 0.2) is 0 Å². The van der Waals surface area contributed by atoms with Gasteiger partial charge >= 0.3 is 0 Å². The van der Waals surface area contributed by atoms with Gasteiger partial charge in [0, 0.05) is 22.7 Å². The highest BCUT2D eigenvalue weighted by Crippen LogP contribution is 2.55. The Kier molecular flexibility index (Phi) is 7.15.